The van der Waals surface area contributed by atoms with Crippen LogP contribution in [0.4, 0.5) is 11.4 Å². The summed E-state index contributed by atoms with van der Waals surface area (Å²) in [6.45, 7) is 0.763. The Morgan fingerprint density at radius 1 is 1.47 bits per heavy atom. The number of nitro benzene ring substituents is 1. The summed E-state index contributed by atoms with van der Waals surface area (Å²) in [6.07, 6.45) is 0. The predicted molar refractivity (Wildman–Crippen MR) is 69.8 cm³/mol. The highest BCUT2D eigenvalue weighted by Crippen LogP contribution is 2.31. The van der Waals surface area contributed by atoms with Gasteiger partial charge in [-0.2, -0.15) is 0 Å². The maximum absolute atomic E-state index is 11.4. The fourth-order valence-corrected chi connectivity index (χ4v) is 1.65. The standard InChI is InChI=1S/C11H13ClN2O5/c1-18-4-3-13-9-6-8(12)7(11(15)19-2)5-10(9)14(16)17/h5-6,13H,3-4H2,1-2H3. The molecule has 1 aromatic carbocycles. The zero-order chi connectivity index (χ0) is 14.4. The van der Waals surface area contributed by atoms with E-state index in [1.54, 1.807) is 0 Å². The fourth-order valence-electron chi connectivity index (χ4n) is 1.41. The number of nitrogens with zero attached hydrogens (tertiary/aromatic N) is 1. The summed E-state index contributed by atoms with van der Waals surface area (Å²) in [5, 5.41) is 13.9. The fraction of sp³-hybridized carbons (Fsp3) is 0.364. The molecule has 0 aliphatic heterocycles. The van der Waals surface area contributed by atoms with Crippen molar-refractivity contribution in [1.29, 1.82) is 0 Å². The molecule has 0 fully saturated rings. The van der Waals surface area contributed by atoms with Crippen LogP contribution in [0.25, 0.3) is 0 Å². The van der Waals surface area contributed by atoms with E-state index >= 15 is 0 Å². The van der Waals surface area contributed by atoms with Gasteiger partial charge in [-0.25, -0.2) is 4.79 Å². The third-order valence-electron chi connectivity index (χ3n) is 2.31. The van der Waals surface area contributed by atoms with Gasteiger partial charge in [0.2, 0.25) is 0 Å². The van der Waals surface area contributed by atoms with Crippen LogP contribution in [0.15, 0.2) is 12.1 Å². The van der Waals surface area contributed by atoms with Crippen molar-refractivity contribution in [3.63, 3.8) is 0 Å². The molecule has 0 aliphatic carbocycles. The molecule has 104 valence electrons. The Morgan fingerprint density at radius 2 is 2.16 bits per heavy atom. The molecule has 0 heterocycles. The van der Waals surface area contributed by atoms with E-state index in [0.717, 1.165) is 6.07 Å². The average molecular weight is 289 g/mol. The van der Waals surface area contributed by atoms with Gasteiger partial charge in [-0.3, -0.25) is 10.1 Å². The van der Waals surface area contributed by atoms with Crippen molar-refractivity contribution in [3.05, 3.63) is 32.8 Å². The molecule has 0 amide bonds. The zero-order valence-electron chi connectivity index (χ0n) is 10.4. The first-order valence-corrected chi connectivity index (χ1v) is 5.68. The van der Waals surface area contributed by atoms with Crippen LogP contribution in [0.2, 0.25) is 5.02 Å². The number of anilines is 1. The van der Waals surface area contributed by atoms with Gasteiger partial charge in [0.15, 0.2) is 0 Å². The molecular formula is C11H13ClN2O5. The minimum Gasteiger partial charge on any atom is -0.465 e. The molecule has 1 aromatic rings. The van der Waals surface area contributed by atoms with Gasteiger partial charge in [0.05, 0.1) is 29.2 Å². The Balaban J connectivity index is 3.14. The van der Waals surface area contributed by atoms with Crippen LogP contribution in [0.1, 0.15) is 10.4 Å². The molecule has 0 aromatic heterocycles. The first-order chi connectivity index (χ1) is 9.01. The highest BCUT2D eigenvalue weighted by Gasteiger charge is 2.21. The molecule has 0 spiro atoms. The predicted octanol–water partition coefficient (Wildman–Crippen LogP) is 2.09. The number of halogens is 1. The topological polar surface area (TPSA) is 90.7 Å². The van der Waals surface area contributed by atoms with E-state index in [-0.39, 0.29) is 22.0 Å². The van der Waals surface area contributed by atoms with Crippen molar-refractivity contribution in [1.82, 2.24) is 0 Å². The summed E-state index contributed by atoms with van der Waals surface area (Å²) in [6, 6.07) is 2.41. The maximum atomic E-state index is 11.4. The first-order valence-electron chi connectivity index (χ1n) is 5.30. The van der Waals surface area contributed by atoms with Gasteiger partial charge in [0.25, 0.3) is 5.69 Å². The Kier molecular flexibility index (Phi) is 5.53. The van der Waals surface area contributed by atoms with Gasteiger partial charge in [0, 0.05) is 19.7 Å². The van der Waals surface area contributed by atoms with Crippen molar-refractivity contribution < 1.29 is 19.2 Å². The lowest BCUT2D eigenvalue weighted by molar-refractivity contribution is -0.384. The number of methoxy groups -OCH3 is 2. The van der Waals surface area contributed by atoms with Crippen LogP contribution in [-0.2, 0) is 9.47 Å². The Hall–Kier alpha value is -1.86. The summed E-state index contributed by atoms with van der Waals surface area (Å²) < 4.78 is 9.34. The van der Waals surface area contributed by atoms with Crippen LogP contribution < -0.4 is 5.32 Å². The van der Waals surface area contributed by atoms with E-state index in [2.05, 4.69) is 10.1 Å². The van der Waals surface area contributed by atoms with Gasteiger partial charge in [-0.05, 0) is 6.07 Å². The molecule has 7 nitrogen and oxygen atoms in total. The van der Waals surface area contributed by atoms with Crippen LogP contribution in [0.5, 0.6) is 0 Å². The molecule has 0 unspecified atom stereocenters. The van der Waals surface area contributed by atoms with Crippen LogP contribution in [0, 0.1) is 10.1 Å². The Labute approximate surface area is 114 Å². The van der Waals surface area contributed by atoms with E-state index in [0.29, 0.717) is 13.2 Å². The van der Waals surface area contributed by atoms with E-state index in [4.69, 9.17) is 16.3 Å². The van der Waals surface area contributed by atoms with Crippen molar-refractivity contribution in [2.45, 2.75) is 0 Å². The molecule has 8 heteroatoms. The van der Waals surface area contributed by atoms with E-state index in [1.165, 1.54) is 20.3 Å². The molecule has 1 N–H and O–H groups in total. The SMILES string of the molecule is COCCNc1cc(Cl)c(C(=O)OC)cc1[N+](=O)[O-]. The zero-order valence-corrected chi connectivity index (χ0v) is 11.2. The number of rotatable bonds is 6. The second kappa shape index (κ2) is 6.91. The minimum atomic E-state index is -0.725. The van der Waals surface area contributed by atoms with Crippen LogP contribution >= 0.6 is 11.6 Å². The average Bonchev–Trinajstić information content (AvgIpc) is 2.38. The van der Waals surface area contributed by atoms with Crippen molar-refractivity contribution in [3.8, 4) is 0 Å². The summed E-state index contributed by atoms with van der Waals surface area (Å²) >= 11 is 5.90. The number of carbonyl (C=O) groups excluding carboxylic acids is 1. The normalized spacial score (nSPS) is 10.1. The summed E-state index contributed by atoms with van der Waals surface area (Å²) in [7, 11) is 2.69. The van der Waals surface area contributed by atoms with Gasteiger partial charge in [-0.1, -0.05) is 11.6 Å². The molecule has 1 rings (SSSR count). The van der Waals surface area contributed by atoms with Gasteiger partial charge >= 0.3 is 5.97 Å². The minimum absolute atomic E-state index is 0.0480. The lowest BCUT2D eigenvalue weighted by Gasteiger charge is -2.09. The molecule has 19 heavy (non-hydrogen) atoms. The van der Waals surface area contributed by atoms with Crippen molar-refractivity contribution in [2.24, 2.45) is 0 Å². The maximum Gasteiger partial charge on any atom is 0.339 e. The molecule has 0 aliphatic rings. The number of carbonyl (C=O) groups is 1. The van der Waals surface area contributed by atoms with Gasteiger partial charge in [-0.15, -0.1) is 0 Å². The monoisotopic (exact) mass is 288 g/mol. The highest BCUT2D eigenvalue weighted by molar-refractivity contribution is 6.34. The number of hydrogen-bond donors (Lipinski definition) is 1. The van der Waals surface area contributed by atoms with Crippen molar-refractivity contribution >= 4 is 28.9 Å². The summed E-state index contributed by atoms with van der Waals surface area (Å²) in [5.41, 5.74) is -0.0752. The van der Waals surface area contributed by atoms with Crippen molar-refractivity contribution in [2.75, 3.05) is 32.7 Å². The van der Waals surface area contributed by atoms with Gasteiger partial charge < -0.3 is 14.8 Å². The number of ether oxygens (including phenoxy) is 2. The Morgan fingerprint density at radius 3 is 2.68 bits per heavy atom. The Bertz CT molecular complexity index is 492. The largest absolute Gasteiger partial charge is 0.465 e. The molecule has 0 bridgehead atoms. The lowest BCUT2D eigenvalue weighted by atomic mass is 10.1. The smallest absolute Gasteiger partial charge is 0.339 e. The molecule has 0 radical (unpaired) electrons. The lowest BCUT2D eigenvalue weighted by Crippen LogP contribution is -2.10. The van der Waals surface area contributed by atoms with E-state index in [9.17, 15) is 14.9 Å². The quantitative estimate of drug-likeness (QED) is 0.373. The number of nitrogens with one attached hydrogen (secondary N) is 1. The molecule has 0 atom stereocenters. The third-order valence-corrected chi connectivity index (χ3v) is 2.62. The van der Waals surface area contributed by atoms with E-state index < -0.39 is 10.9 Å². The first kappa shape index (κ1) is 15.2. The molecule has 0 saturated heterocycles. The number of benzene rings is 1. The van der Waals surface area contributed by atoms with Crippen LogP contribution in [-0.4, -0.2) is 38.3 Å². The molecular weight excluding hydrogens is 276 g/mol. The summed E-state index contributed by atoms with van der Waals surface area (Å²) in [4.78, 5) is 21.8. The second-order valence-electron chi connectivity index (χ2n) is 3.52. The second-order valence-corrected chi connectivity index (χ2v) is 3.92. The summed E-state index contributed by atoms with van der Waals surface area (Å²) in [5.74, 6) is -0.725. The van der Waals surface area contributed by atoms with Gasteiger partial charge in [0.1, 0.15) is 5.69 Å². The van der Waals surface area contributed by atoms with Crippen LogP contribution in [0.3, 0.4) is 0 Å². The molecule has 0 saturated carbocycles. The number of nitro groups is 1. The van der Waals surface area contributed by atoms with E-state index in [1.807, 2.05) is 0 Å². The number of esters is 1. The highest BCUT2D eigenvalue weighted by atomic mass is 35.5. The third kappa shape index (κ3) is 3.80. The number of hydrogen-bond acceptors (Lipinski definition) is 6.